The minimum Gasteiger partial charge on any atom is -0.493 e. The minimum atomic E-state index is -3.59. The summed E-state index contributed by atoms with van der Waals surface area (Å²) in [5, 5.41) is 0. The molecule has 2 aromatic carbocycles. The highest BCUT2D eigenvalue weighted by atomic mass is 32.2. The first kappa shape index (κ1) is 25.0. The lowest BCUT2D eigenvalue weighted by atomic mass is 10.0. The molecule has 35 heavy (non-hydrogen) atoms. The van der Waals surface area contributed by atoms with Gasteiger partial charge in [-0.2, -0.15) is 9.30 Å². The lowest BCUT2D eigenvalue weighted by Gasteiger charge is -2.29. The zero-order valence-corrected chi connectivity index (χ0v) is 21.5. The van der Waals surface area contributed by atoms with Crippen LogP contribution in [0.2, 0.25) is 0 Å². The summed E-state index contributed by atoms with van der Waals surface area (Å²) in [5.41, 5.74) is 1.06. The normalized spacial score (nSPS) is 15.8. The van der Waals surface area contributed by atoms with E-state index in [1.807, 2.05) is 6.07 Å². The monoisotopic (exact) mass is 513 g/mol. The standard InChI is InChI=1S/C25H27N3O5S2/c1-5-12-28-20-15-21(32-3)22(33-4)16-23(20)34-25(28)26-24(29)18-6-8-19(9-7-18)35(30,31)27-13-10-17(2)11-14-27/h1,6-9,15-17H,10-14H2,2-4H3. The summed E-state index contributed by atoms with van der Waals surface area (Å²) in [6.07, 6.45) is 7.26. The summed E-state index contributed by atoms with van der Waals surface area (Å²) in [6, 6.07) is 9.54. The molecule has 0 aliphatic carbocycles. The topological polar surface area (TPSA) is 90.2 Å². The molecule has 0 radical (unpaired) electrons. The van der Waals surface area contributed by atoms with Crippen LogP contribution in [0.25, 0.3) is 10.2 Å². The van der Waals surface area contributed by atoms with E-state index in [0.717, 1.165) is 23.1 Å². The van der Waals surface area contributed by atoms with E-state index in [4.69, 9.17) is 15.9 Å². The zero-order valence-electron chi connectivity index (χ0n) is 19.9. The fourth-order valence-electron chi connectivity index (χ4n) is 4.02. The number of hydrogen-bond donors (Lipinski definition) is 0. The molecular formula is C25H27N3O5S2. The highest BCUT2D eigenvalue weighted by Crippen LogP contribution is 2.33. The van der Waals surface area contributed by atoms with Crippen molar-refractivity contribution in [3.8, 4) is 23.8 Å². The first-order chi connectivity index (χ1) is 16.8. The number of piperidine rings is 1. The molecule has 1 aromatic heterocycles. The highest BCUT2D eigenvalue weighted by molar-refractivity contribution is 7.89. The number of methoxy groups -OCH3 is 2. The van der Waals surface area contributed by atoms with Gasteiger partial charge in [-0.3, -0.25) is 4.79 Å². The summed E-state index contributed by atoms with van der Waals surface area (Å²) < 4.78 is 40.8. The second kappa shape index (κ2) is 10.2. The van der Waals surface area contributed by atoms with Gasteiger partial charge in [-0.1, -0.05) is 24.2 Å². The van der Waals surface area contributed by atoms with Gasteiger partial charge in [-0.15, -0.1) is 6.42 Å². The minimum absolute atomic E-state index is 0.173. The number of terminal acetylenes is 1. The molecule has 1 amide bonds. The van der Waals surface area contributed by atoms with Gasteiger partial charge in [0.1, 0.15) is 0 Å². The van der Waals surface area contributed by atoms with Gasteiger partial charge in [-0.05, 0) is 43.0 Å². The molecule has 4 rings (SSSR count). The molecule has 0 saturated carbocycles. The quantitative estimate of drug-likeness (QED) is 0.471. The number of hydrogen-bond acceptors (Lipinski definition) is 6. The Morgan fingerprint density at radius 1 is 1.14 bits per heavy atom. The predicted octanol–water partition coefficient (Wildman–Crippen LogP) is 3.51. The summed E-state index contributed by atoms with van der Waals surface area (Å²) in [6.45, 7) is 3.37. The number of nitrogens with zero attached hydrogens (tertiary/aromatic N) is 3. The van der Waals surface area contributed by atoms with Crippen molar-refractivity contribution in [2.24, 2.45) is 10.9 Å². The number of fused-ring (bicyclic) bond motifs is 1. The van der Waals surface area contributed by atoms with Crippen LogP contribution in [-0.4, -0.2) is 50.5 Å². The molecule has 0 atom stereocenters. The Bertz CT molecular complexity index is 1460. The lowest BCUT2D eigenvalue weighted by Crippen LogP contribution is -2.37. The van der Waals surface area contributed by atoms with E-state index in [1.54, 1.807) is 24.9 Å². The van der Waals surface area contributed by atoms with Crippen LogP contribution >= 0.6 is 11.3 Å². The van der Waals surface area contributed by atoms with Crippen LogP contribution in [0.15, 0.2) is 46.3 Å². The average Bonchev–Trinajstić information content (AvgIpc) is 3.19. The third-order valence-corrected chi connectivity index (χ3v) is 9.07. The van der Waals surface area contributed by atoms with Crippen molar-refractivity contribution in [1.82, 2.24) is 8.87 Å². The number of amides is 1. The van der Waals surface area contributed by atoms with E-state index in [0.29, 0.717) is 35.3 Å². The lowest BCUT2D eigenvalue weighted by molar-refractivity contribution is 0.0997. The fraction of sp³-hybridized carbons (Fsp3) is 0.360. The van der Waals surface area contributed by atoms with Crippen molar-refractivity contribution in [2.75, 3.05) is 27.3 Å². The Labute approximate surface area is 208 Å². The van der Waals surface area contributed by atoms with Gasteiger partial charge in [0.15, 0.2) is 16.3 Å². The van der Waals surface area contributed by atoms with Crippen LogP contribution in [0, 0.1) is 18.3 Å². The third-order valence-electron chi connectivity index (χ3n) is 6.12. The number of carbonyl (C=O) groups excluding carboxylic acids is 1. The summed E-state index contributed by atoms with van der Waals surface area (Å²) >= 11 is 1.30. The van der Waals surface area contributed by atoms with E-state index in [-0.39, 0.29) is 17.0 Å². The van der Waals surface area contributed by atoms with E-state index in [2.05, 4.69) is 17.8 Å². The number of benzene rings is 2. The molecular weight excluding hydrogens is 486 g/mol. The maximum atomic E-state index is 13.0. The van der Waals surface area contributed by atoms with Crippen LogP contribution in [0.4, 0.5) is 0 Å². The van der Waals surface area contributed by atoms with Gasteiger partial charge >= 0.3 is 0 Å². The van der Waals surface area contributed by atoms with Crippen molar-refractivity contribution >= 4 is 37.5 Å². The van der Waals surface area contributed by atoms with Crippen molar-refractivity contribution < 1.29 is 22.7 Å². The second-order valence-electron chi connectivity index (χ2n) is 8.38. The van der Waals surface area contributed by atoms with E-state index < -0.39 is 15.9 Å². The van der Waals surface area contributed by atoms with Crippen molar-refractivity contribution in [1.29, 1.82) is 0 Å². The number of carbonyl (C=O) groups is 1. The predicted molar refractivity (Wildman–Crippen MR) is 135 cm³/mol. The van der Waals surface area contributed by atoms with Crippen LogP contribution in [0.5, 0.6) is 11.5 Å². The van der Waals surface area contributed by atoms with Crippen LogP contribution < -0.4 is 14.3 Å². The Kier molecular flexibility index (Phi) is 7.31. The van der Waals surface area contributed by atoms with Crippen molar-refractivity contribution in [2.45, 2.75) is 31.2 Å². The highest BCUT2D eigenvalue weighted by Gasteiger charge is 2.28. The first-order valence-electron chi connectivity index (χ1n) is 11.2. The largest absolute Gasteiger partial charge is 0.493 e. The fourth-order valence-corrected chi connectivity index (χ4v) is 6.53. The maximum absolute atomic E-state index is 13.0. The summed E-state index contributed by atoms with van der Waals surface area (Å²) in [5.74, 6) is 3.74. The molecule has 0 spiro atoms. The van der Waals surface area contributed by atoms with Crippen LogP contribution in [0.1, 0.15) is 30.1 Å². The smallest absolute Gasteiger partial charge is 0.279 e. The Balaban J connectivity index is 1.66. The molecule has 1 aliphatic heterocycles. The van der Waals surface area contributed by atoms with Gasteiger partial charge in [0, 0.05) is 30.8 Å². The van der Waals surface area contributed by atoms with E-state index in [9.17, 15) is 13.2 Å². The average molecular weight is 514 g/mol. The van der Waals surface area contributed by atoms with Crippen molar-refractivity contribution in [3.05, 3.63) is 46.8 Å². The molecule has 2 heterocycles. The molecule has 8 nitrogen and oxygen atoms in total. The third kappa shape index (κ3) is 4.98. The SMILES string of the molecule is C#CCn1c(=NC(=O)c2ccc(S(=O)(=O)N3CCC(C)CC3)cc2)sc2cc(OC)c(OC)cc21. The molecule has 10 heteroatoms. The molecule has 3 aromatic rings. The number of sulfonamides is 1. The van der Waals surface area contributed by atoms with Gasteiger partial charge < -0.3 is 14.0 Å². The molecule has 1 saturated heterocycles. The summed E-state index contributed by atoms with van der Waals surface area (Å²) in [4.78, 5) is 17.9. The van der Waals surface area contributed by atoms with Crippen molar-refractivity contribution in [3.63, 3.8) is 0 Å². The second-order valence-corrected chi connectivity index (χ2v) is 11.3. The zero-order chi connectivity index (χ0) is 25.2. The number of thiazole rings is 1. The van der Waals surface area contributed by atoms with E-state index >= 15 is 0 Å². The van der Waals surface area contributed by atoms with Gasteiger partial charge in [-0.25, -0.2) is 8.42 Å². The molecule has 0 unspecified atom stereocenters. The molecule has 1 fully saturated rings. The van der Waals surface area contributed by atoms with Gasteiger partial charge in [0.2, 0.25) is 10.0 Å². The van der Waals surface area contributed by atoms with Crippen LogP contribution in [0.3, 0.4) is 0 Å². The number of aromatic nitrogens is 1. The molecule has 0 N–H and O–H groups in total. The van der Waals surface area contributed by atoms with Crippen LogP contribution in [-0.2, 0) is 16.6 Å². The molecule has 1 aliphatic rings. The summed E-state index contributed by atoms with van der Waals surface area (Å²) in [7, 11) is -0.487. The Morgan fingerprint density at radius 2 is 1.77 bits per heavy atom. The van der Waals surface area contributed by atoms with E-state index in [1.165, 1.54) is 39.9 Å². The Morgan fingerprint density at radius 3 is 2.37 bits per heavy atom. The number of rotatable bonds is 6. The molecule has 184 valence electrons. The number of ether oxygens (including phenoxy) is 2. The first-order valence-corrected chi connectivity index (χ1v) is 13.4. The maximum Gasteiger partial charge on any atom is 0.279 e. The molecule has 0 bridgehead atoms. The van der Waals surface area contributed by atoms with Gasteiger partial charge in [0.25, 0.3) is 5.91 Å². The Hall–Kier alpha value is -3.13. The van der Waals surface area contributed by atoms with Gasteiger partial charge in [0.05, 0.1) is 35.9 Å².